The van der Waals surface area contributed by atoms with Gasteiger partial charge in [-0.3, -0.25) is 4.79 Å². The van der Waals surface area contributed by atoms with E-state index in [1.54, 1.807) is 0 Å². The lowest BCUT2D eigenvalue weighted by molar-refractivity contribution is -0.119. The lowest BCUT2D eigenvalue weighted by Gasteiger charge is -2.22. The molecule has 0 aliphatic rings. The summed E-state index contributed by atoms with van der Waals surface area (Å²) in [6.07, 6.45) is 1.07. The first-order valence-corrected chi connectivity index (χ1v) is 6.72. The number of rotatable bonds is 7. The Labute approximate surface area is 115 Å². The molecule has 1 unspecified atom stereocenters. The Morgan fingerprint density at radius 1 is 1.32 bits per heavy atom. The van der Waals surface area contributed by atoms with Crippen molar-refractivity contribution in [2.75, 3.05) is 24.4 Å². The van der Waals surface area contributed by atoms with Crippen LogP contribution in [0, 0.1) is 5.92 Å². The van der Waals surface area contributed by atoms with Crippen molar-refractivity contribution >= 4 is 17.3 Å². The van der Waals surface area contributed by atoms with Crippen LogP contribution < -0.4 is 10.6 Å². The smallest absolute Gasteiger partial charge is 0.250 e. The molecule has 106 valence electrons. The molecule has 1 amide bonds. The van der Waals surface area contributed by atoms with Crippen LogP contribution in [0.25, 0.3) is 0 Å². The molecule has 4 nitrogen and oxygen atoms in total. The van der Waals surface area contributed by atoms with E-state index in [9.17, 15) is 4.79 Å². The summed E-state index contributed by atoms with van der Waals surface area (Å²) in [6.45, 7) is 6.64. The minimum atomic E-state index is -0.143. The number of hydrogen-bond acceptors (Lipinski definition) is 3. The van der Waals surface area contributed by atoms with Gasteiger partial charge in [-0.05, 0) is 30.5 Å². The lowest BCUT2D eigenvalue weighted by Crippen LogP contribution is -2.24. The second-order valence-corrected chi connectivity index (χ2v) is 4.97. The average molecular weight is 264 g/mol. The van der Waals surface area contributed by atoms with Crippen LogP contribution >= 0.6 is 0 Å². The van der Waals surface area contributed by atoms with Gasteiger partial charge in [0.1, 0.15) is 6.61 Å². The molecule has 0 aliphatic carbocycles. The van der Waals surface area contributed by atoms with Gasteiger partial charge < -0.3 is 15.4 Å². The van der Waals surface area contributed by atoms with Gasteiger partial charge in [-0.25, -0.2) is 0 Å². The highest BCUT2D eigenvalue weighted by Crippen LogP contribution is 2.19. The summed E-state index contributed by atoms with van der Waals surface area (Å²) in [5, 5.41) is 6.29. The Morgan fingerprint density at radius 3 is 2.58 bits per heavy atom. The van der Waals surface area contributed by atoms with E-state index in [1.165, 1.54) is 7.11 Å². The van der Waals surface area contributed by atoms with Crippen LogP contribution in [0.4, 0.5) is 11.4 Å². The van der Waals surface area contributed by atoms with Gasteiger partial charge >= 0.3 is 0 Å². The van der Waals surface area contributed by atoms with Crippen molar-refractivity contribution in [1.82, 2.24) is 0 Å². The van der Waals surface area contributed by atoms with Crippen LogP contribution in [-0.4, -0.2) is 25.7 Å². The van der Waals surface area contributed by atoms with Gasteiger partial charge in [-0.15, -0.1) is 0 Å². The van der Waals surface area contributed by atoms with Crippen LogP contribution in [0.5, 0.6) is 0 Å². The van der Waals surface area contributed by atoms with Crippen molar-refractivity contribution in [3.8, 4) is 0 Å². The maximum Gasteiger partial charge on any atom is 0.250 e. The summed E-state index contributed by atoms with van der Waals surface area (Å²) in [5.74, 6) is 0.423. The third kappa shape index (κ3) is 5.30. The molecule has 0 aromatic heterocycles. The normalized spacial score (nSPS) is 12.3. The summed E-state index contributed by atoms with van der Waals surface area (Å²) in [6, 6.07) is 8.19. The maximum absolute atomic E-state index is 11.5. The highest BCUT2D eigenvalue weighted by atomic mass is 16.5. The van der Waals surface area contributed by atoms with Gasteiger partial charge in [0.05, 0.1) is 0 Å². The molecule has 4 heteroatoms. The summed E-state index contributed by atoms with van der Waals surface area (Å²) in [4.78, 5) is 11.5. The Balaban J connectivity index is 2.68. The SMILES string of the molecule is CCC(Nc1cccc(NC(=O)COC)c1)C(C)C. The van der Waals surface area contributed by atoms with E-state index >= 15 is 0 Å². The molecule has 0 spiro atoms. The van der Waals surface area contributed by atoms with Crippen molar-refractivity contribution in [1.29, 1.82) is 0 Å². The second kappa shape index (κ2) is 7.79. The molecular weight excluding hydrogens is 240 g/mol. The fraction of sp³-hybridized carbons (Fsp3) is 0.533. The number of hydrogen-bond donors (Lipinski definition) is 2. The van der Waals surface area contributed by atoms with Crippen LogP contribution in [0.1, 0.15) is 27.2 Å². The molecule has 0 fully saturated rings. The summed E-state index contributed by atoms with van der Waals surface area (Å²) in [7, 11) is 1.51. The van der Waals surface area contributed by atoms with Crippen molar-refractivity contribution < 1.29 is 9.53 Å². The third-order valence-corrected chi connectivity index (χ3v) is 3.02. The quantitative estimate of drug-likeness (QED) is 0.795. The van der Waals surface area contributed by atoms with Crippen molar-refractivity contribution in [2.24, 2.45) is 5.92 Å². The first-order valence-electron chi connectivity index (χ1n) is 6.72. The van der Waals surface area contributed by atoms with E-state index in [4.69, 9.17) is 4.74 Å². The number of benzene rings is 1. The molecule has 2 N–H and O–H groups in total. The monoisotopic (exact) mass is 264 g/mol. The molecule has 19 heavy (non-hydrogen) atoms. The predicted molar refractivity (Wildman–Crippen MR) is 79.5 cm³/mol. The van der Waals surface area contributed by atoms with Crippen LogP contribution in [0.3, 0.4) is 0 Å². The number of methoxy groups -OCH3 is 1. The fourth-order valence-corrected chi connectivity index (χ4v) is 1.97. The van der Waals surface area contributed by atoms with Gasteiger partial charge in [0.15, 0.2) is 0 Å². The van der Waals surface area contributed by atoms with E-state index in [-0.39, 0.29) is 12.5 Å². The molecule has 1 aromatic carbocycles. The molecular formula is C15H24N2O2. The Morgan fingerprint density at radius 2 is 2.00 bits per heavy atom. The number of carbonyl (C=O) groups is 1. The number of amides is 1. The maximum atomic E-state index is 11.5. The largest absolute Gasteiger partial charge is 0.382 e. The van der Waals surface area contributed by atoms with Gasteiger partial charge in [0, 0.05) is 24.5 Å². The summed E-state index contributed by atoms with van der Waals surface area (Å²) < 4.78 is 4.79. The standard InChI is InChI=1S/C15H24N2O2/c1-5-14(11(2)3)16-12-7-6-8-13(9-12)17-15(18)10-19-4/h6-9,11,14,16H,5,10H2,1-4H3,(H,17,18). The molecule has 1 rings (SSSR count). The topological polar surface area (TPSA) is 50.4 Å². The van der Waals surface area contributed by atoms with E-state index < -0.39 is 0 Å². The van der Waals surface area contributed by atoms with Gasteiger partial charge in [-0.2, -0.15) is 0 Å². The van der Waals surface area contributed by atoms with Crippen molar-refractivity contribution in [2.45, 2.75) is 33.2 Å². The van der Waals surface area contributed by atoms with Gasteiger partial charge in [0.25, 0.3) is 0 Å². The first kappa shape index (κ1) is 15.5. The van der Waals surface area contributed by atoms with Gasteiger partial charge in [0.2, 0.25) is 5.91 Å². The third-order valence-electron chi connectivity index (χ3n) is 3.02. The number of carbonyl (C=O) groups excluding carboxylic acids is 1. The molecule has 0 radical (unpaired) electrons. The molecule has 0 saturated carbocycles. The number of ether oxygens (including phenoxy) is 1. The zero-order chi connectivity index (χ0) is 14.3. The van der Waals surface area contributed by atoms with E-state index in [0.717, 1.165) is 17.8 Å². The number of anilines is 2. The van der Waals surface area contributed by atoms with Gasteiger partial charge in [-0.1, -0.05) is 26.8 Å². The molecule has 1 aromatic rings. The predicted octanol–water partition coefficient (Wildman–Crippen LogP) is 3.12. The molecule has 0 bridgehead atoms. The second-order valence-electron chi connectivity index (χ2n) is 4.97. The Hall–Kier alpha value is -1.55. The van der Waals surface area contributed by atoms with E-state index in [0.29, 0.717) is 12.0 Å². The van der Waals surface area contributed by atoms with Crippen LogP contribution in [0.15, 0.2) is 24.3 Å². The first-order chi connectivity index (χ1) is 9.06. The minimum Gasteiger partial charge on any atom is -0.382 e. The average Bonchev–Trinajstić information content (AvgIpc) is 2.36. The zero-order valence-electron chi connectivity index (χ0n) is 12.2. The molecule has 0 heterocycles. The molecule has 0 saturated heterocycles. The van der Waals surface area contributed by atoms with E-state index in [2.05, 4.69) is 31.4 Å². The number of nitrogens with one attached hydrogen (secondary N) is 2. The minimum absolute atomic E-state index is 0.0707. The van der Waals surface area contributed by atoms with Crippen LogP contribution in [-0.2, 0) is 9.53 Å². The Kier molecular flexibility index (Phi) is 6.36. The Bertz CT molecular complexity index is 405. The van der Waals surface area contributed by atoms with Crippen molar-refractivity contribution in [3.63, 3.8) is 0 Å². The van der Waals surface area contributed by atoms with Crippen molar-refractivity contribution in [3.05, 3.63) is 24.3 Å². The molecule has 0 aliphatic heterocycles. The zero-order valence-corrected chi connectivity index (χ0v) is 12.2. The molecule has 1 atom stereocenters. The fourth-order valence-electron chi connectivity index (χ4n) is 1.97. The highest BCUT2D eigenvalue weighted by molar-refractivity contribution is 5.92. The van der Waals surface area contributed by atoms with E-state index in [1.807, 2.05) is 24.3 Å². The summed E-state index contributed by atoms with van der Waals surface area (Å²) >= 11 is 0. The highest BCUT2D eigenvalue weighted by Gasteiger charge is 2.10. The lowest BCUT2D eigenvalue weighted by atomic mass is 10.0. The van der Waals surface area contributed by atoms with Crippen LogP contribution in [0.2, 0.25) is 0 Å². The summed E-state index contributed by atoms with van der Waals surface area (Å²) in [5.41, 5.74) is 1.81.